The number of hydrogen-bond donors (Lipinski definition) is 2. The van der Waals surface area contributed by atoms with Gasteiger partial charge in [0.2, 0.25) is 5.91 Å². The van der Waals surface area contributed by atoms with Crippen LogP contribution in [-0.2, 0) is 4.79 Å². The third-order valence-electron chi connectivity index (χ3n) is 2.37. The van der Waals surface area contributed by atoms with E-state index < -0.39 is 0 Å². The van der Waals surface area contributed by atoms with Crippen LogP contribution < -0.4 is 10.6 Å². The van der Waals surface area contributed by atoms with Crippen molar-refractivity contribution in [2.24, 2.45) is 0 Å². The fraction of sp³-hybridized carbons (Fsp3) is 0.692. The van der Waals surface area contributed by atoms with Gasteiger partial charge in [-0.25, -0.2) is 0 Å². The molecule has 0 spiro atoms. The Morgan fingerprint density at radius 2 is 1.82 bits per heavy atom. The van der Waals surface area contributed by atoms with Crippen LogP contribution in [0.2, 0.25) is 0 Å². The van der Waals surface area contributed by atoms with Crippen LogP contribution in [-0.4, -0.2) is 25.5 Å². The standard InChI is InChI=1S/C13H23N3O/c1-12(2)13(17)16-11-6-4-3-5-9-15-10-7-8-14/h15H,1,3-7,9-11H2,2H3,(H,16,17). The van der Waals surface area contributed by atoms with Gasteiger partial charge in [0.1, 0.15) is 0 Å². The summed E-state index contributed by atoms with van der Waals surface area (Å²) in [5, 5.41) is 14.3. The Labute approximate surface area is 104 Å². The summed E-state index contributed by atoms with van der Waals surface area (Å²) in [5.74, 6) is -0.0526. The van der Waals surface area contributed by atoms with Crippen LogP contribution in [0.4, 0.5) is 0 Å². The summed E-state index contributed by atoms with van der Waals surface area (Å²) in [4.78, 5) is 11.1. The van der Waals surface area contributed by atoms with E-state index >= 15 is 0 Å². The summed E-state index contributed by atoms with van der Waals surface area (Å²) >= 11 is 0. The SMILES string of the molecule is C=C(C)C(=O)NCCCCCCNCCC#N. The molecule has 4 heteroatoms. The number of carbonyl (C=O) groups is 1. The van der Waals surface area contributed by atoms with Crippen LogP contribution in [0.25, 0.3) is 0 Å². The molecule has 0 aromatic carbocycles. The predicted octanol–water partition coefficient (Wildman–Crippen LogP) is 1.74. The zero-order valence-corrected chi connectivity index (χ0v) is 10.7. The molecule has 0 aliphatic heterocycles. The van der Waals surface area contributed by atoms with Crippen LogP contribution in [0.1, 0.15) is 39.0 Å². The Kier molecular flexibility index (Phi) is 10.3. The molecule has 2 N–H and O–H groups in total. The molecule has 0 saturated carbocycles. The van der Waals surface area contributed by atoms with Gasteiger partial charge < -0.3 is 10.6 Å². The molecule has 17 heavy (non-hydrogen) atoms. The Morgan fingerprint density at radius 3 is 2.41 bits per heavy atom. The van der Waals surface area contributed by atoms with E-state index in [4.69, 9.17) is 5.26 Å². The van der Waals surface area contributed by atoms with Crippen LogP contribution in [0.15, 0.2) is 12.2 Å². The van der Waals surface area contributed by atoms with Gasteiger partial charge in [-0.15, -0.1) is 0 Å². The first-order chi connectivity index (χ1) is 8.18. The highest BCUT2D eigenvalue weighted by atomic mass is 16.1. The maximum Gasteiger partial charge on any atom is 0.246 e. The lowest BCUT2D eigenvalue weighted by Crippen LogP contribution is -2.24. The predicted molar refractivity (Wildman–Crippen MR) is 69.4 cm³/mol. The minimum Gasteiger partial charge on any atom is -0.352 e. The van der Waals surface area contributed by atoms with Crippen LogP contribution in [0.3, 0.4) is 0 Å². The van der Waals surface area contributed by atoms with Crippen molar-refractivity contribution in [3.63, 3.8) is 0 Å². The molecule has 4 nitrogen and oxygen atoms in total. The molecule has 0 bridgehead atoms. The summed E-state index contributed by atoms with van der Waals surface area (Å²) in [6.45, 7) is 7.77. The molecule has 0 aromatic heterocycles. The fourth-order valence-electron chi connectivity index (χ4n) is 1.35. The first-order valence-corrected chi connectivity index (χ1v) is 6.20. The summed E-state index contributed by atoms with van der Waals surface area (Å²) in [6, 6.07) is 2.10. The number of nitrogens with zero attached hydrogens (tertiary/aromatic N) is 1. The first kappa shape index (κ1) is 15.7. The fourth-order valence-corrected chi connectivity index (χ4v) is 1.35. The number of rotatable bonds is 10. The molecular weight excluding hydrogens is 214 g/mol. The molecule has 0 rings (SSSR count). The van der Waals surface area contributed by atoms with E-state index in [1.54, 1.807) is 6.92 Å². The van der Waals surface area contributed by atoms with Gasteiger partial charge >= 0.3 is 0 Å². The second kappa shape index (κ2) is 11.2. The van der Waals surface area contributed by atoms with Gasteiger partial charge in [-0.05, 0) is 26.3 Å². The Bertz CT molecular complexity index is 268. The Balaban J connectivity index is 3.12. The first-order valence-electron chi connectivity index (χ1n) is 6.20. The topological polar surface area (TPSA) is 64.9 Å². The van der Waals surface area contributed by atoms with Gasteiger partial charge in [-0.3, -0.25) is 4.79 Å². The van der Waals surface area contributed by atoms with Crippen LogP contribution >= 0.6 is 0 Å². The van der Waals surface area contributed by atoms with Gasteiger partial charge in [0.05, 0.1) is 6.07 Å². The molecule has 1 amide bonds. The van der Waals surface area contributed by atoms with Crippen molar-refractivity contribution in [1.29, 1.82) is 5.26 Å². The molecule has 0 aromatic rings. The molecule has 0 atom stereocenters. The van der Waals surface area contributed by atoms with Gasteiger partial charge in [0.15, 0.2) is 0 Å². The number of nitrogens with one attached hydrogen (secondary N) is 2. The van der Waals surface area contributed by atoms with E-state index in [9.17, 15) is 4.79 Å². The van der Waals surface area contributed by atoms with Crippen molar-refractivity contribution >= 4 is 5.91 Å². The lowest BCUT2D eigenvalue weighted by molar-refractivity contribution is -0.117. The highest BCUT2D eigenvalue weighted by Crippen LogP contribution is 1.98. The average molecular weight is 237 g/mol. The maximum atomic E-state index is 11.1. The summed E-state index contributed by atoms with van der Waals surface area (Å²) < 4.78 is 0. The lowest BCUT2D eigenvalue weighted by atomic mass is 10.2. The van der Waals surface area contributed by atoms with E-state index in [1.807, 2.05) is 0 Å². The quantitative estimate of drug-likeness (QED) is 0.449. The zero-order valence-electron chi connectivity index (χ0n) is 10.7. The highest BCUT2D eigenvalue weighted by molar-refractivity contribution is 5.91. The van der Waals surface area contributed by atoms with Gasteiger partial charge in [0, 0.05) is 25.1 Å². The summed E-state index contributed by atoms with van der Waals surface area (Å²) in [5.41, 5.74) is 0.562. The van der Waals surface area contributed by atoms with Gasteiger partial charge in [-0.1, -0.05) is 19.4 Å². The molecule has 0 heterocycles. The molecule has 0 aliphatic carbocycles. The number of hydrogen-bond acceptors (Lipinski definition) is 3. The minimum absolute atomic E-state index is 0.0526. The second-order valence-electron chi connectivity index (χ2n) is 4.11. The Morgan fingerprint density at radius 1 is 1.18 bits per heavy atom. The highest BCUT2D eigenvalue weighted by Gasteiger charge is 1.99. The van der Waals surface area contributed by atoms with Crippen molar-refractivity contribution < 1.29 is 4.79 Å². The largest absolute Gasteiger partial charge is 0.352 e. The summed E-state index contributed by atoms with van der Waals surface area (Å²) in [6.07, 6.45) is 4.99. The van der Waals surface area contributed by atoms with Crippen molar-refractivity contribution in [2.45, 2.75) is 39.0 Å². The third-order valence-corrected chi connectivity index (χ3v) is 2.37. The molecular formula is C13H23N3O. The lowest BCUT2D eigenvalue weighted by Gasteiger charge is -2.05. The molecule has 0 fully saturated rings. The number of amides is 1. The maximum absolute atomic E-state index is 11.1. The molecule has 96 valence electrons. The molecule has 0 radical (unpaired) electrons. The smallest absolute Gasteiger partial charge is 0.246 e. The molecule has 0 saturated heterocycles. The van der Waals surface area contributed by atoms with Gasteiger partial charge in [-0.2, -0.15) is 5.26 Å². The minimum atomic E-state index is -0.0526. The normalized spacial score (nSPS) is 9.65. The van der Waals surface area contributed by atoms with E-state index in [-0.39, 0.29) is 5.91 Å². The van der Waals surface area contributed by atoms with E-state index in [1.165, 1.54) is 0 Å². The van der Waals surface area contributed by atoms with Crippen molar-refractivity contribution in [1.82, 2.24) is 10.6 Å². The zero-order chi connectivity index (χ0) is 12.9. The molecule has 0 unspecified atom stereocenters. The number of unbranched alkanes of at least 4 members (excludes halogenated alkanes) is 3. The van der Waals surface area contributed by atoms with E-state index in [0.29, 0.717) is 12.0 Å². The Hall–Kier alpha value is -1.34. The number of nitriles is 1. The van der Waals surface area contributed by atoms with Crippen molar-refractivity contribution in [3.05, 3.63) is 12.2 Å². The monoisotopic (exact) mass is 237 g/mol. The van der Waals surface area contributed by atoms with Crippen molar-refractivity contribution in [2.75, 3.05) is 19.6 Å². The van der Waals surface area contributed by atoms with Crippen LogP contribution in [0.5, 0.6) is 0 Å². The molecule has 0 aliphatic rings. The van der Waals surface area contributed by atoms with Crippen molar-refractivity contribution in [3.8, 4) is 6.07 Å². The van der Waals surface area contributed by atoms with E-state index in [2.05, 4.69) is 23.3 Å². The van der Waals surface area contributed by atoms with Crippen LogP contribution in [0, 0.1) is 11.3 Å². The van der Waals surface area contributed by atoms with E-state index in [0.717, 1.165) is 45.3 Å². The number of carbonyl (C=O) groups excluding carboxylic acids is 1. The second-order valence-corrected chi connectivity index (χ2v) is 4.11. The third kappa shape index (κ3) is 10.9. The summed E-state index contributed by atoms with van der Waals surface area (Å²) in [7, 11) is 0. The average Bonchev–Trinajstić information content (AvgIpc) is 2.31. The van der Waals surface area contributed by atoms with Gasteiger partial charge in [0.25, 0.3) is 0 Å².